The van der Waals surface area contributed by atoms with Crippen LogP contribution in [-0.2, 0) is 0 Å². The number of amides is 1. The smallest absolute Gasteiger partial charge is 0.267 e. The van der Waals surface area contributed by atoms with Gasteiger partial charge in [-0.15, -0.1) is 11.3 Å². The van der Waals surface area contributed by atoms with Crippen molar-refractivity contribution >= 4 is 45.5 Å². The molecule has 19 heavy (non-hydrogen) atoms. The van der Waals surface area contributed by atoms with E-state index < -0.39 is 0 Å². The van der Waals surface area contributed by atoms with E-state index in [9.17, 15) is 4.79 Å². The fourth-order valence-corrected chi connectivity index (χ4v) is 3.10. The van der Waals surface area contributed by atoms with E-state index in [2.05, 4.69) is 46.7 Å². The van der Waals surface area contributed by atoms with Gasteiger partial charge in [0.15, 0.2) is 0 Å². The molecule has 1 aromatic heterocycles. The summed E-state index contributed by atoms with van der Waals surface area (Å²) >= 11 is 3.69. The lowest BCUT2D eigenvalue weighted by Crippen LogP contribution is -2.12. The lowest BCUT2D eigenvalue weighted by molar-refractivity contribution is 0.102. The number of aromatic nitrogens is 1. The molecule has 3 nitrogen and oxygen atoms in total. The quantitative estimate of drug-likeness (QED) is 0.793. The van der Waals surface area contributed by atoms with E-state index in [4.69, 9.17) is 0 Å². The highest BCUT2D eigenvalue weighted by Gasteiger charge is 2.17. The Balaban J connectivity index is 2.23. The second-order valence-electron chi connectivity index (χ2n) is 4.56. The first kappa shape index (κ1) is 14.5. The van der Waals surface area contributed by atoms with Gasteiger partial charge in [0, 0.05) is 9.49 Å². The summed E-state index contributed by atoms with van der Waals surface area (Å²) in [5.41, 5.74) is 1.64. The molecule has 0 unspecified atom stereocenters. The van der Waals surface area contributed by atoms with E-state index in [1.807, 2.05) is 31.2 Å². The molecule has 0 radical (unpaired) electrons. The molecule has 0 fully saturated rings. The largest absolute Gasteiger partial charge is 0.320 e. The third-order valence-electron chi connectivity index (χ3n) is 2.64. The highest BCUT2D eigenvalue weighted by Crippen LogP contribution is 2.26. The fourth-order valence-electron chi connectivity index (χ4n) is 1.62. The van der Waals surface area contributed by atoms with Gasteiger partial charge in [-0.05, 0) is 41.6 Å². The van der Waals surface area contributed by atoms with Gasteiger partial charge in [0.2, 0.25) is 0 Å². The van der Waals surface area contributed by atoms with Gasteiger partial charge in [0.1, 0.15) is 4.88 Å². The molecule has 2 aromatic rings. The van der Waals surface area contributed by atoms with Crippen LogP contribution in [0.4, 0.5) is 5.69 Å². The number of hydrogen-bond acceptors (Lipinski definition) is 3. The number of nitrogens with one attached hydrogen (secondary N) is 1. The Kier molecular flexibility index (Phi) is 4.57. The number of aryl methyl sites for hydroxylation is 1. The first-order chi connectivity index (χ1) is 8.99. The molecule has 2 rings (SSSR count). The predicted octanol–water partition coefficient (Wildman–Crippen LogP) is 4.43. The van der Waals surface area contributed by atoms with Gasteiger partial charge in [0.25, 0.3) is 5.91 Å². The minimum Gasteiger partial charge on any atom is -0.320 e. The van der Waals surface area contributed by atoms with Crippen molar-refractivity contribution in [3.05, 3.63) is 43.4 Å². The predicted molar refractivity (Wildman–Crippen MR) is 88.1 cm³/mol. The number of carbonyl (C=O) groups excluding carboxylic acids is 1. The molecule has 0 saturated carbocycles. The van der Waals surface area contributed by atoms with E-state index in [0.717, 1.165) is 20.0 Å². The van der Waals surface area contributed by atoms with Crippen molar-refractivity contribution < 1.29 is 4.79 Å². The zero-order chi connectivity index (χ0) is 14.0. The van der Waals surface area contributed by atoms with Gasteiger partial charge in [-0.25, -0.2) is 4.98 Å². The molecular formula is C14H15IN2OS. The number of thiazole rings is 1. The summed E-state index contributed by atoms with van der Waals surface area (Å²) in [5, 5.41) is 3.95. The molecule has 100 valence electrons. The van der Waals surface area contributed by atoms with Crippen LogP contribution in [0.5, 0.6) is 0 Å². The fraction of sp³-hybridized carbons (Fsp3) is 0.286. The number of halogens is 1. The molecular weight excluding hydrogens is 371 g/mol. The number of rotatable bonds is 3. The molecule has 0 spiro atoms. The number of carbonyl (C=O) groups is 1. The van der Waals surface area contributed by atoms with Crippen molar-refractivity contribution in [2.24, 2.45) is 0 Å². The van der Waals surface area contributed by atoms with Gasteiger partial charge < -0.3 is 5.32 Å². The van der Waals surface area contributed by atoms with Crippen molar-refractivity contribution in [3.8, 4) is 0 Å². The van der Waals surface area contributed by atoms with E-state index in [1.165, 1.54) is 11.3 Å². The second kappa shape index (κ2) is 6.00. The number of para-hydroxylation sites is 1. The Bertz CT molecular complexity index is 607. The van der Waals surface area contributed by atoms with Crippen LogP contribution in [0.3, 0.4) is 0 Å². The molecule has 0 aliphatic heterocycles. The molecule has 0 bridgehead atoms. The summed E-state index contributed by atoms with van der Waals surface area (Å²) in [6.45, 7) is 6.05. The van der Waals surface area contributed by atoms with E-state index in [-0.39, 0.29) is 5.91 Å². The molecule has 0 aliphatic rings. The van der Waals surface area contributed by atoms with Crippen LogP contribution in [0, 0.1) is 10.5 Å². The van der Waals surface area contributed by atoms with Crippen LogP contribution < -0.4 is 5.32 Å². The molecule has 1 heterocycles. The van der Waals surface area contributed by atoms with Gasteiger partial charge in [0.05, 0.1) is 16.4 Å². The molecule has 5 heteroatoms. The maximum Gasteiger partial charge on any atom is 0.267 e. The topological polar surface area (TPSA) is 42.0 Å². The highest BCUT2D eigenvalue weighted by atomic mass is 127. The third kappa shape index (κ3) is 3.33. The molecule has 0 aliphatic carbocycles. The third-order valence-corrected chi connectivity index (χ3v) is 5.03. The Labute approximate surface area is 130 Å². The summed E-state index contributed by atoms with van der Waals surface area (Å²) in [7, 11) is 0. The molecule has 0 saturated heterocycles. The zero-order valence-electron chi connectivity index (χ0n) is 11.0. The van der Waals surface area contributed by atoms with Crippen molar-refractivity contribution in [1.82, 2.24) is 4.98 Å². The van der Waals surface area contributed by atoms with Gasteiger partial charge in [-0.1, -0.05) is 26.0 Å². The number of benzene rings is 1. The number of nitrogens with zero attached hydrogens (tertiary/aromatic N) is 1. The first-order valence-corrected chi connectivity index (χ1v) is 7.91. The standard InChI is InChI=1S/C14H15IN2OS/c1-8(2)14-16-9(3)12(19-14)13(18)17-11-7-5-4-6-10(11)15/h4-8H,1-3H3,(H,17,18). The van der Waals surface area contributed by atoms with Crippen LogP contribution in [-0.4, -0.2) is 10.9 Å². The molecule has 1 N–H and O–H groups in total. The monoisotopic (exact) mass is 386 g/mol. The Morgan fingerprint density at radius 1 is 1.37 bits per heavy atom. The average Bonchev–Trinajstić information content (AvgIpc) is 2.74. The Hall–Kier alpha value is -0.950. The van der Waals surface area contributed by atoms with E-state index in [1.54, 1.807) is 0 Å². The SMILES string of the molecule is Cc1nc(C(C)C)sc1C(=O)Nc1ccccc1I. The minimum atomic E-state index is -0.0778. The molecule has 0 atom stereocenters. The van der Waals surface area contributed by atoms with Crippen LogP contribution in [0.2, 0.25) is 0 Å². The molecule has 1 amide bonds. The Morgan fingerprint density at radius 3 is 2.63 bits per heavy atom. The van der Waals surface area contributed by atoms with E-state index >= 15 is 0 Å². The Morgan fingerprint density at radius 2 is 2.05 bits per heavy atom. The van der Waals surface area contributed by atoms with Crippen molar-refractivity contribution in [1.29, 1.82) is 0 Å². The minimum absolute atomic E-state index is 0.0778. The van der Waals surface area contributed by atoms with Crippen molar-refractivity contribution in [3.63, 3.8) is 0 Å². The van der Waals surface area contributed by atoms with Crippen LogP contribution in [0.15, 0.2) is 24.3 Å². The second-order valence-corrected chi connectivity index (χ2v) is 6.75. The first-order valence-electron chi connectivity index (χ1n) is 6.02. The van der Waals surface area contributed by atoms with Crippen LogP contribution in [0.1, 0.15) is 40.1 Å². The molecule has 1 aromatic carbocycles. The van der Waals surface area contributed by atoms with E-state index in [0.29, 0.717) is 10.8 Å². The van der Waals surface area contributed by atoms with Crippen molar-refractivity contribution in [2.45, 2.75) is 26.7 Å². The number of anilines is 1. The van der Waals surface area contributed by atoms with Crippen molar-refractivity contribution in [2.75, 3.05) is 5.32 Å². The summed E-state index contributed by atoms with van der Waals surface area (Å²) in [5.74, 6) is 0.271. The van der Waals surface area contributed by atoms with Gasteiger partial charge in [-0.3, -0.25) is 4.79 Å². The lowest BCUT2D eigenvalue weighted by Gasteiger charge is -2.05. The van der Waals surface area contributed by atoms with Crippen LogP contribution in [0.25, 0.3) is 0 Å². The van der Waals surface area contributed by atoms with Gasteiger partial charge >= 0.3 is 0 Å². The highest BCUT2D eigenvalue weighted by molar-refractivity contribution is 14.1. The maximum absolute atomic E-state index is 12.3. The average molecular weight is 386 g/mol. The summed E-state index contributed by atoms with van der Waals surface area (Å²) < 4.78 is 1.03. The normalized spacial score (nSPS) is 10.8. The number of hydrogen-bond donors (Lipinski definition) is 1. The summed E-state index contributed by atoms with van der Waals surface area (Å²) in [6, 6.07) is 7.73. The maximum atomic E-state index is 12.3. The van der Waals surface area contributed by atoms with Crippen LogP contribution >= 0.6 is 33.9 Å². The summed E-state index contributed by atoms with van der Waals surface area (Å²) in [6.07, 6.45) is 0. The lowest BCUT2D eigenvalue weighted by atomic mass is 10.2. The summed E-state index contributed by atoms with van der Waals surface area (Å²) in [4.78, 5) is 17.4. The zero-order valence-corrected chi connectivity index (χ0v) is 14.0. The van der Waals surface area contributed by atoms with Gasteiger partial charge in [-0.2, -0.15) is 0 Å².